The van der Waals surface area contributed by atoms with Crippen LogP contribution in [0.25, 0.3) is 0 Å². The summed E-state index contributed by atoms with van der Waals surface area (Å²) in [5, 5.41) is 5.91. The minimum Gasteiger partial charge on any atom is -0.448 e. The first-order valence-electron chi connectivity index (χ1n) is 16.9. The lowest BCUT2D eigenvalue weighted by Crippen LogP contribution is -2.47. The fraction of sp³-hybridized carbons (Fsp3) is 0.514. The summed E-state index contributed by atoms with van der Waals surface area (Å²) in [5.74, 6) is -0.792. The largest absolute Gasteiger partial charge is 0.448 e. The Balaban J connectivity index is 1.21. The zero-order valence-electron chi connectivity index (χ0n) is 27.9. The monoisotopic (exact) mass is 643 g/mol. The van der Waals surface area contributed by atoms with Gasteiger partial charge in [-0.3, -0.25) is 14.4 Å². The van der Waals surface area contributed by atoms with Crippen molar-refractivity contribution in [3.8, 4) is 0 Å². The number of para-hydroxylation sites is 1. The number of aryl methyl sites for hydroxylation is 1. The Hall–Kier alpha value is -4.21. The van der Waals surface area contributed by atoms with Crippen LogP contribution in [0, 0.1) is 24.1 Å². The summed E-state index contributed by atoms with van der Waals surface area (Å²) >= 11 is 0. The number of rotatable bonds is 9. The molecule has 2 saturated carbocycles. The second-order valence-corrected chi connectivity index (χ2v) is 14.6. The molecule has 0 radical (unpaired) electrons. The van der Waals surface area contributed by atoms with Crippen LogP contribution in [0.3, 0.4) is 0 Å². The minimum atomic E-state index is -0.662. The van der Waals surface area contributed by atoms with Gasteiger partial charge in [0, 0.05) is 62.2 Å². The Bertz CT molecular complexity index is 1630. The van der Waals surface area contributed by atoms with Gasteiger partial charge in [-0.15, -0.1) is 0 Å². The van der Waals surface area contributed by atoms with E-state index < -0.39 is 17.6 Å². The van der Waals surface area contributed by atoms with Gasteiger partial charge in [0.2, 0.25) is 0 Å². The van der Waals surface area contributed by atoms with E-state index in [4.69, 9.17) is 4.42 Å². The number of hydrogen-bond donors (Lipinski definition) is 2. The van der Waals surface area contributed by atoms with Gasteiger partial charge in [-0.1, -0.05) is 45.4 Å². The molecule has 3 aromatic rings. The topological polar surface area (TPSA) is 108 Å². The van der Waals surface area contributed by atoms with Crippen molar-refractivity contribution in [3.05, 3.63) is 71.2 Å². The average molecular weight is 644 g/mol. The lowest BCUT2D eigenvalue weighted by atomic mass is 9.78. The fourth-order valence-electron chi connectivity index (χ4n) is 6.84. The number of benzene rings is 2. The number of carbonyl (C=O) groups excluding carboxylic acids is 3. The quantitative estimate of drug-likeness (QED) is 0.262. The number of nitrogens with one attached hydrogen (secondary N) is 2. The van der Waals surface area contributed by atoms with Crippen molar-refractivity contribution in [2.75, 3.05) is 41.3 Å². The molecule has 0 bridgehead atoms. The number of halogens is 1. The fourth-order valence-corrected chi connectivity index (χ4v) is 6.84. The summed E-state index contributed by atoms with van der Waals surface area (Å²) < 4.78 is 21.4. The summed E-state index contributed by atoms with van der Waals surface area (Å²) in [6.07, 6.45) is 6.73. The zero-order chi connectivity index (χ0) is 33.3. The minimum absolute atomic E-state index is 0.0996. The van der Waals surface area contributed by atoms with Gasteiger partial charge in [0.25, 0.3) is 11.8 Å². The highest BCUT2D eigenvalue weighted by molar-refractivity contribution is 6.06. The Morgan fingerprint density at radius 2 is 1.66 bits per heavy atom. The first-order chi connectivity index (χ1) is 22.4. The molecule has 10 heteroatoms. The third-order valence-electron chi connectivity index (χ3n) is 9.51. The summed E-state index contributed by atoms with van der Waals surface area (Å²) in [5.41, 5.74) is 3.10. The molecule has 250 valence electrons. The van der Waals surface area contributed by atoms with E-state index in [1.165, 1.54) is 29.6 Å². The number of ketones is 1. The van der Waals surface area contributed by atoms with Crippen LogP contribution in [-0.4, -0.2) is 54.8 Å². The Morgan fingerprint density at radius 3 is 2.34 bits per heavy atom. The smallest absolute Gasteiger partial charge is 0.277 e. The number of amides is 2. The maximum atomic E-state index is 15.8. The van der Waals surface area contributed by atoms with E-state index in [1.54, 1.807) is 0 Å². The van der Waals surface area contributed by atoms with Crippen molar-refractivity contribution in [1.29, 1.82) is 0 Å². The summed E-state index contributed by atoms with van der Waals surface area (Å²) in [6, 6.07) is 10.8. The predicted molar refractivity (Wildman–Crippen MR) is 181 cm³/mol. The van der Waals surface area contributed by atoms with Crippen LogP contribution < -0.4 is 20.4 Å². The van der Waals surface area contributed by atoms with E-state index in [-0.39, 0.29) is 40.3 Å². The average Bonchev–Trinajstić information content (AvgIpc) is 3.77. The number of Topliss-reactive ketones (excluding diaryl/α,β-unsaturated/α-hetero) is 1. The molecular weight excluding hydrogens is 597 g/mol. The number of nitrogens with zero attached hydrogens (tertiary/aromatic N) is 3. The van der Waals surface area contributed by atoms with Gasteiger partial charge in [-0.25, -0.2) is 9.37 Å². The Kier molecular flexibility index (Phi) is 9.39. The van der Waals surface area contributed by atoms with Gasteiger partial charge in [0.15, 0.2) is 11.6 Å². The molecule has 3 aliphatic rings. The maximum absolute atomic E-state index is 15.8. The van der Waals surface area contributed by atoms with Gasteiger partial charge in [0.05, 0.1) is 16.9 Å². The summed E-state index contributed by atoms with van der Waals surface area (Å²) in [7, 11) is 0. The number of anilines is 3. The molecule has 47 heavy (non-hydrogen) atoms. The standard InChI is InChI=1S/C37H46FN5O4/c1-23-8-5-6-11-31(23)42-14-16-43(17-15-42)32-20-28(38)27(19-29(32)40-35(46)30-22-47-36(41-30)24-12-13-24)34(45)39-26-10-7-9-25(18-26)33(44)21-37(2,3)4/h5-6,8,11,19-20,22,24-26H,7,9-10,12-18,21H2,1-4H3,(H,39,45)(H,40,46)/t25-,26-/m0/s1. The molecule has 2 aromatic carbocycles. The molecular formula is C37H46FN5O4. The van der Waals surface area contributed by atoms with Gasteiger partial charge in [-0.05, 0) is 62.1 Å². The van der Waals surface area contributed by atoms with Crippen LogP contribution in [0.1, 0.15) is 104 Å². The summed E-state index contributed by atoms with van der Waals surface area (Å²) in [4.78, 5) is 48.6. The van der Waals surface area contributed by atoms with E-state index in [0.29, 0.717) is 56.3 Å². The molecule has 9 nitrogen and oxygen atoms in total. The highest BCUT2D eigenvalue weighted by Gasteiger charge is 2.32. The van der Waals surface area contributed by atoms with Crippen molar-refractivity contribution < 1.29 is 23.2 Å². The van der Waals surface area contributed by atoms with Crippen molar-refractivity contribution in [2.24, 2.45) is 11.3 Å². The van der Waals surface area contributed by atoms with Crippen LogP contribution in [0.5, 0.6) is 0 Å². The van der Waals surface area contributed by atoms with Crippen molar-refractivity contribution in [2.45, 2.75) is 84.6 Å². The number of piperazine rings is 1. The second-order valence-electron chi connectivity index (χ2n) is 14.6. The molecule has 2 heterocycles. The van der Waals surface area contributed by atoms with E-state index in [1.807, 2.05) is 17.0 Å². The molecule has 2 amide bonds. The molecule has 1 aliphatic heterocycles. The van der Waals surface area contributed by atoms with Gasteiger partial charge in [0.1, 0.15) is 17.9 Å². The van der Waals surface area contributed by atoms with Gasteiger partial charge < -0.3 is 24.9 Å². The Labute approximate surface area is 276 Å². The first kappa shape index (κ1) is 32.7. The third kappa shape index (κ3) is 7.85. The highest BCUT2D eigenvalue weighted by atomic mass is 19.1. The lowest BCUT2D eigenvalue weighted by molar-refractivity contribution is -0.125. The predicted octanol–water partition coefficient (Wildman–Crippen LogP) is 6.87. The first-order valence-corrected chi connectivity index (χ1v) is 16.9. The second kappa shape index (κ2) is 13.5. The summed E-state index contributed by atoms with van der Waals surface area (Å²) in [6.45, 7) is 10.9. The molecule has 1 saturated heterocycles. The van der Waals surface area contributed by atoms with Crippen LogP contribution in [0.4, 0.5) is 21.5 Å². The molecule has 6 rings (SSSR count). The van der Waals surface area contributed by atoms with Crippen LogP contribution in [-0.2, 0) is 4.79 Å². The third-order valence-corrected chi connectivity index (χ3v) is 9.51. The van der Waals surface area contributed by atoms with Crippen LogP contribution >= 0.6 is 0 Å². The maximum Gasteiger partial charge on any atom is 0.277 e. The SMILES string of the molecule is Cc1ccccc1N1CCN(c2cc(F)c(C(=O)N[C@H]3CCC[C@H](C(=O)CC(C)(C)C)C3)cc2NC(=O)c2coc(C3CC3)n2)CC1. The Morgan fingerprint density at radius 1 is 0.957 bits per heavy atom. The molecule has 2 atom stereocenters. The van der Waals surface area contributed by atoms with E-state index >= 15 is 4.39 Å². The molecule has 3 fully saturated rings. The van der Waals surface area contributed by atoms with Crippen molar-refractivity contribution in [3.63, 3.8) is 0 Å². The number of hydrogen-bond acceptors (Lipinski definition) is 7. The molecule has 0 spiro atoms. The van der Waals surface area contributed by atoms with Crippen LogP contribution in [0.15, 0.2) is 47.1 Å². The zero-order valence-corrected chi connectivity index (χ0v) is 27.9. The molecule has 1 aromatic heterocycles. The molecule has 0 unspecified atom stereocenters. The van der Waals surface area contributed by atoms with E-state index in [0.717, 1.165) is 32.1 Å². The van der Waals surface area contributed by atoms with Gasteiger partial charge in [-0.2, -0.15) is 0 Å². The number of aromatic nitrogens is 1. The van der Waals surface area contributed by atoms with E-state index in [2.05, 4.69) is 60.3 Å². The molecule has 2 aliphatic carbocycles. The normalized spacial score (nSPS) is 20.2. The number of oxazole rings is 1. The van der Waals surface area contributed by atoms with Crippen LogP contribution in [0.2, 0.25) is 0 Å². The van der Waals surface area contributed by atoms with Gasteiger partial charge >= 0.3 is 0 Å². The lowest BCUT2D eigenvalue weighted by Gasteiger charge is -2.38. The van der Waals surface area contributed by atoms with E-state index in [9.17, 15) is 14.4 Å². The highest BCUT2D eigenvalue weighted by Crippen LogP contribution is 2.39. The number of carbonyl (C=O) groups is 3. The van der Waals surface area contributed by atoms with Crippen molar-refractivity contribution in [1.82, 2.24) is 10.3 Å². The molecule has 2 N–H and O–H groups in total. The van der Waals surface area contributed by atoms with Crippen molar-refractivity contribution >= 4 is 34.7 Å².